The lowest BCUT2D eigenvalue weighted by atomic mass is 9.63. The summed E-state index contributed by atoms with van der Waals surface area (Å²) in [4.78, 5) is 10.6. The van der Waals surface area contributed by atoms with Gasteiger partial charge in [-0.15, -0.1) is 0 Å². The third-order valence-electron chi connectivity index (χ3n) is 4.18. The average molecular weight is 220 g/mol. The van der Waals surface area contributed by atoms with E-state index in [1.807, 2.05) is 13.0 Å². The monoisotopic (exact) mass is 220 g/mol. The molecule has 3 unspecified atom stereocenters. The van der Waals surface area contributed by atoms with E-state index < -0.39 is 0 Å². The minimum absolute atomic E-state index is 0.0285. The lowest BCUT2D eigenvalue weighted by Gasteiger charge is -2.42. The molecule has 0 bridgehead atoms. The molecule has 0 aromatic heterocycles. The molecule has 90 valence electrons. The minimum Gasteiger partial charge on any atom is -0.303 e. The van der Waals surface area contributed by atoms with E-state index in [4.69, 9.17) is 0 Å². The molecule has 0 saturated heterocycles. The van der Waals surface area contributed by atoms with Gasteiger partial charge in [-0.25, -0.2) is 0 Å². The predicted molar refractivity (Wildman–Crippen MR) is 69.2 cm³/mol. The molecule has 1 aliphatic carbocycles. The summed E-state index contributed by atoms with van der Waals surface area (Å²) in [6.45, 7) is 11.1. The third kappa shape index (κ3) is 2.63. The molecule has 0 aromatic carbocycles. The summed E-state index contributed by atoms with van der Waals surface area (Å²) in [6, 6.07) is 0. The van der Waals surface area contributed by atoms with E-state index in [0.29, 0.717) is 11.8 Å². The molecule has 0 fully saturated rings. The van der Waals surface area contributed by atoms with Crippen LogP contribution in [0.15, 0.2) is 23.8 Å². The Balaban J connectivity index is 2.91. The maximum absolute atomic E-state index is 10.6. The third-order valence-corrected chi connectivity index (χ3v) is 4.18. The first-order chi connectivity index (χ1) is 7.39. The summed E-state index contributed by atoms with van der Waals surface area (Å²) in [5.74, 6) is 1.19. The van der Waals surface area contributed by atoms with Crippen LogP contribution in [0.2, 0.25) is 0 Å². The van der Waals surface area contributed by atoms with E-state index in [9.17, 15) is 4.79 Å². The molecule has 1 heteroatoms. The minimum atomic E-state index is 0.0285. The molecule has 0 N–H and O–H groups in total. The van der Waals surface area contributed by atoms with E-state index >= 15 is 0 Å². The van der Waals surface area contributed by atoms with Gasteiger partial charge in [-0.2, -0.15) is 0 Å². The van der Waals surface area contributed by atoms with Crippen molar-refractivity contribution in [3.63, 3.8) is 0 Å². The number of rotatable bonds is 3. The van der Waals surface area contributed by atoms with Gasteiger partial charge in [-0.1, -0.05) is 51.5 Å². The molecule has 1 rings (SSSR count). The van der Waals surface area contributed by atoms with Crippen molar-refractivity contribution in [3.05, 3.63) is 23.8 Å². The van der Waals surface area contributed by atoms with Gasteiger partial charge >= 0.3 is 0 Å². The van der Waals surface area contributed by atoms with Gasteiger partial charge < -0.3 is 4.79 Å². The second-order valence-electron chi connectivity index (χ2n) is 5.76. The van der Waals surface area contributed by atoms with Crippen molar-refractivity contribution in [1.29, 1.82) is 0 Å². The molecule has 16 heavy (non-hydrogen) atoms. The molecule has 0 heterocycles. The number of carbonyl (C=O) groups excluding carboxylic acids is 1. The van der Waals surface area contributed by atoms with Crippen molar-refractivity contribution in [2.75, 3.05) is 0 Å². The van der Waals surface area contributed by atoms with Crippen LogP contribution >= 0.6 is 0 Å². The van der Waals surface area contributed by atoms with Crippen molar-refractivity contribution in [1.82, 2.24) is 0 Å². The topological polar surface area (TPSA) is 17.1 Å². The highest BCUT2D eigenvalue weighted by Crippen LogP contribution is 2.45. The molecule has 0 aromatic rings. The summed E-state index contributed by atoms with van der Waals surface area (Å²) >= 11 is 0. The molecule has 0 saturated carbocycles. The Hall–Kier alpha value is -0.850. The van der Waals surface area contributed by atoms with Crippen LogP contribution in [0, 0.1) is 23.2 Å². The number of aldehydes is 1. The Morgan fingerprint density at radius 1 is 1.50 bits per heavy atom. The van der Waals surface area contributed by atoms with Crippen molar-refractivity contribution >= 4 is 6.29 Å². The summed E-state index contributed by atoms with van der Waals surface area (Å²) in [5.41, 5.74) is 1.73. The van der Waals surface area contributed by atoms with Crippen molar-refractivity contribution in [2.24, 2.45) is 23.2 Å². The lowest BCUT2D eigenvalue weighted by molar-refractivity contribution is -0.109. The molecular weight excluding hydrogens is 196 g/mol. The Kier molecular flexibility index (Phi) is 4.12. The Labute approximate surface area is 99.6 Å². The van der Waals surface area contributed by atoms with Gasteiger partial charge in [0, 0.05) is 11.8 Å². The molecule has 1 nitrogen and oxygen atoms in total. The maximum Gasteiger partial charge on any atom is 0.126 e. The maximum atomic E-state index is 10.6. The van der Waals surface area contributed by atoms with Crippen LogP contribution in [0.3, 0.4) is 0 Å². The molecule has 3 atom stereocenters. The van der Waals surface area contributed by atoms with Crippen molar-refractivity contribution < 1.29 is 4.79 Å². The predicted octanol–water partition coefficient (Wildman–Crippen LogP) is 4.01. The van der Waals surface area contributed by atoms with E-state index in [0.717, 1.165) is 6.29 Å². The Morgan fingerprint density at radius 2 is 2.12 bits per heavy atom. The van der Waals surface area contributed by atoms with E-state index in [1.54, 1.807) is 0 Å². The highest BCUT2D eigenvalue weighted by molar-refractivity contribution is 5.55. The zero-order valence-corrected chi connectivity index (χ0v) is 11.2. The molecular formula is C15H24O. The zero-order valence-electron chi connectivity index (χ0n) is 11.2. The average Bonchev–Trinajstić information content (AvgIpc) is 2.23. The summed E-state index contributed by atoms with van der Waals surface area (Å²) < 4.78 is 0. The first-order valence-corrected chi connectivity index (χ1v) is 6.19. The van der Waals surface area contributed by atoms with Crippen molar-refractivity contribution in [3.8, 4) is 0 Å². The molecule has 0 aliphatic heterocycles. The highest BCUT2D eigenvalue weighted by atomic mass is 16.1. The summed E-state index contributed by atoms with van der Waals surface area (Å²) in [5, 5.41) is 0. The number of hydrogen-bond donors (Lipinski definition) is 0. The van der Waals surface area contributed by atoms with Crippen LogP contribution in [0.5, 0.6) is 0 Å². The van der Waals surface area contributed by atoms with E-state index in [2.05, 4.69) is 39.8 Å². The van der Waals surface area contributed by atoms with E-state index in [1.165, 1.54) is 12.0 Å². The number of hydrogen-bond acceptors (Lipinski definition) is 1. The smallest absolute Gasteiger partial charge is 0.126 e. The largest absolute Gasteiger partial charge is 0.303 e. The van der Waals surface area contributed by atoms with Gasteiger partial charge in [0.1, 0.15) is 6.29 Å². The normalized spacial score (nSPS) is 31.2. The summed E-state index contributed by atoms with van der Waals surface area (Å²) in [7, 11) is 0. The van der Waals surface area contributed by atoms with Gasteiger partial charge in [0.2, 0.25) is 0 Å². The van der Waals surface area contributed by atoms with Gasteiger partial charge in [-0.05, 0) is 24.7 Å². The van der Waals surface area contributed by atoms with E-state index in [-0.39, 0.29) is 11.3 Å². The van der Waals surface area contributed by atoms with Crippen molar-refractivity contribution in [2.45, 2.75) is 41.0 Å². The van der Waals surface area contributed by atoms with Crippen LogP contribution in [0.4, 0.5) is 0 Å². The standard InChI is InChI=1S/C15H24O/c1-11(10-16)6-9-14-12(2)7-8-13(3)15(14,4)5/h6-7,9-11,13-14H,8H2,1-5H3/b9-6+. The fourth-order valence-corrected chi connectivity index (χ4v) is 2.42. The molecule has 0 amide bonds. The van der Waals surface area contributed by atoms with Crippen LogP contribution < -0.4 is 0 Å². The second kappa shape index (κ2) is 4.99. The van der Waals surface area contributed by atoms with Gasteiger partial charge in [-0.3, -0.25) is 0 Å². The fourth-order valence-electron chi connectivity index (χ4n) is 2.42. The van der Waals surface area contributed by atoms with Gasteiger partial charge in [0.05, 0.1) is 0 Å². The first-order valence-electron chi connectivity index (χ1n) is 6.19. The number of allylic oxidation sites excluding steroid dienone is 4. The Bertz CT molecular complexity index is 309. The summed E-state index contributed by atoms with van der Waals surface area (Å²) in [6.07, 6.45) is 8.77. The van der Waals surface area contributed by atoms with Crippen LogP contribution in [0.25, 0.3) is 0 Å². The van der Waals surface area contributed by atoms with Gasteiger partial charge in [0.15, 0.2) is 0 Å². The van der Waals surface area contributed by atoms with Crippen LogP contribution in [-0.4, -0.2) is 6.29 Å². The zero-order chi connectivity index (χ0) is 12.3. The SMILES string of the molecule is CC1=CCC(C)C(C)(C)C1/C=C/C(C)C=O. The molecule has 0 spiro atoms. The number of carbonyl (C=O) groups is 1. The fraction of sp³-hybridized carbons (Fsp3) is 0.667. The lowest BCUT2D eigenvalue weighted by Crippen LogP contribution is -2.33. The van der Waals surface area contributed by atoms with Crippen LogP contribution in [-0.2, 0) is 4.79 Å². The van der Waals surface area contributed by atoms with Crippen LogP contribution in [0.1, 0.15) is 41.0 Å². The molecule has 0 radical (unpaired) electrons. The first kappa shape index (κ1) is 13.2. The Morgan fingerprint density at radius 3 is 2.69 bits per heavy atom. The van der Waals surface area contributed by atoms with Gasteiger partial charge in [0.25, 0.3) is 0 Å². The quantitative estimate of drug-likeness (QED) is 0.519. The molecule has 1 aliphatic rings. The second-order valence-corrected chi connectivity index (χ2v) is 5.76. The highest BCUT2D eigenvalue weighted by Gasteiger charge is 2.36.